The quantitative estimate of drug-likeness (QED) is 0.624. The van der Waals surface area contributed by atoms with Crippen LogP contribution in [0, 0.1) is 6.92 Å². The number of hydrogen-bond donors (Lipinski definition) is 0. The van der Waals surface area contributed by atoms with Crippen LogP contribution in [0.4, 0.5) is 0 Å². The molecule has 0 atom stereocenters. The number of ether oxygens (including phenoxy) is 1. The number of benzene rings is 1. The van der Waals surface area contributed by atoms with E-state index in [0.717, 1.165) is 16.8 Å². The molecule has 0 bridgehead atoms. The Bertz CT molecular complexity index is 264. The van der Waals surface area contributed by atoms with Gasteiger partial charge in [-0.3, -0.25) is 0 Å². The molecule has 52 valence electrons. The summed E-state index contributed by atoms with van der Waals surface area (Å²) >= 11 is 3.43. The minimum absolute atomic E-state index is 0.773. The normalized spacial score (nSPS) is 13.4. The lowest BCUT2D eigenvalue weighted by Gasteiger charge is -2.22. The summed E-state index contributed by atoms with van der Waals surface area (Å²) in [6, 6.07) is 4.17. The van der Waals surface area contributed by atoms with Crippen LogP contribution < -0.4 is 4.74 Å². The van der Waals surface area contributed by atoms with Crippen LogP contribution in [0.5, 0.6) is 5.75 Å². The van der Waals surface area contributed by atoms with Gasteiger partial charge < -0.3 is 4.74 Å². The topological polar surface area (TPSA) is 9.23 Å². The highest BCUT2D eigenvalue weighted by Gasteiger charge is 2.16. The van der Waals surface area contributed by atoms with Gasteiger partial charge in [-0.1, -0.05) is 15.9 Å². The smallest absolute Gasteiger partial charge is 0.129 e. The van der Waals surface area contributed by atoms with E-state index < -0.39 is 0 Å². The lowest BCUT2D eigenvalue weighted by molar-refractivity contribution is 0.241. The fraction of sp³-hybridized carbons (Fsp3) is 0.250. The summed E-state index contributed by atoms with van der Waals surface area (Å²) in [6.45, 7) is 2.83. The highest BCUT2D eigenvalue weighted by Crippen LogP contribution is 2.35. The lowest BCUT2D eigenvalue weighted by atomic mass is 10.1. The van der Waals surface area contributed by atoms with Gasteiger partial charge in [-0.25, -0.2) is 0 Å². The minimum Gasteiger partial charge on any atom is -0.488 e. The molecule has 1 heterocycles. The number of hydrogen-bond acceptors (Lipinski definition) is 1. The maximum Gasteiger partial charge on any atom is 0.129 e. The van der Waals surface area contributed by atoms with Gasteiger partial charge in [0.1, 0.15) is 12.4 Å². The van der Waals surface area contributed by atoms with E-state index in [-0.39, 0.29) is 0 Å². The van der Waals surface area contributed by atoms with Crippen molar-refractivity contribution < 1.29 is 4.74 Å². The Labute approximate surface area is 68.1 Å². The third kappa shape index (κ3) is 0.754. The van der Waals surface area contributed by atoms with Crippen LogP contribution in [-0.4, -0.2) is 0 Å². The summed E-state index contributed by atoms with van der Waals surface area (Å²) in [7, 11) is 0. The van der Waals surface area contributed by atoms with Gasteiger partial charge in [0.05, 0.1) is 0 Å². The average Bonchev–Trinajstić information content (AvgIpc) is 1.77. The standard InChI is InChI=1S/C8H7BrO/c1-5-2-7(9)3-6-4-10-8(5)6/h2-3H,4H2,1H3. The molecule has 0 aromatic heterocycles. The highest BCUT2D eigenvalue weighted by molar-refractivity contribution is 9.10. The summed E-state index contributed by atoms with van der Waals surface area (Å²) < 4.78 is 6.39. The van der Waals surface area contributed by atoms with Crippen LogP contribution in [0.3, 0.4) is 0 Å². The van der Waals surface area contributed by atoms with Gasteiger partial charge in [-0.15, -0.1) is 0 Å². The molecule has 0 unspecified atom stereocenters. The molecule has 1 aliphatic heterocycles. The molecule has 10 heavy (non-hydrogen) atoms. The Kier molecular flexibility index (Phi) is 1.24. The SMILES string of the molecule is Cc1cc(Br)cc2c1OC2. The maximum absolute atomic E-state index is 5.24. The number of aryl methyl sites for hydroxylation is 1. The van der Waals surface area contributed by atoms with E-state index in [1.807, 2.05) is 0 Å². The first kappa shape index (κ1) is 6.23. The van der Waals surface area contributed by atoms with E-state index in [0.29, 0.717) is 0 Å². The number of halogens is 1. The Hall–Kier alpha value is -0.500. The van der Waals surface area contributed by atoms with Crippen LogP contribution in [-0.2, 0) is 6.61 Å². The van der Waals surface area contributed by atoms with Gasteiger partial charge in [0.2, 0.25) is 0 Å². The van der Waals surface area contributed by atoms with Crippen molar-refractivity contribution in [2.75, 3.05) is 0 Å². The molecular weight excluding hydrogens is 192 g/mol. The average molecular weight is 199 g/mol. The zero-order valence-electron chi connectivity index (χ0n) is 5.65. The summed E-state index contributed by atoms with van der Waals surface area (Å²) in [4.78, 5) is 0. The van der Waals surface area contributed by atoms with Gasteiger partial charge in [0, 0.05) is 10.0 Å². The van der Waals surface area contributed by atoms with E-state index in [1.54, 1.807) is 0 Å². The second kappa shape index (κ2) is 1.99. The Morgan fingerprint density at radius 1 is 1.50 bits per heavy atom. The zero-order valence-corrected chi connectivity index (χ0v) is 7.23. The summed E-state index contributed by atoms with van der Waals surface area (Å²) in [5, 5.41) is 0. The summed E-state index contributed by atoms with van der Waals surface area (Å²) in [6.07, 6.45) is 0. The third-order valence-electron chi connectivity index (χ3n) is 1.69. The van der Waals surface area contributed by atoms with Crippen molar-refractivity contribution in [3.05, 3.63) is 27.7 Å². The van der Waals surface area contributed by atoms with Crippen molar-refractivity contribution in [3.8, 4) is 5.75 Å². The molecule has 0 amide bonds. The predicted octanol–water partition coefficient (Wildman–Crippen LogP) is 2.65. The molecule has 1 aliphatic rings. The molecule has 2 rings (SSSR count). The van der Waals surface area contributed by atoms with Crippen molar-refractivity contribution in [3.63, 3.8) is 0 Å². The molecule has 0 aliphatic carbocycles. The highest BCUT2D eigenvalue weighted by atomic mass is 79.9. The van der Waals surface area contributed by atoms with Gasteiger partial charge in [-0.05, 0) is 24.6 Å². The largest absolute Gasteiger partial charge is 0.488 e. The zero-order chi connectivity index (χ0) is 7.14. The molecule has 1 aromatic rings. The molecule has 1 nitrogen and oxygen atoms in total. The Balaban J connectivity index is 2.63. The molecular formula is C8H7BrO. The van der Waals surface area contributed by atoms with Gasteiger partial charge in [0.25, 0.3) is 0 Å². The fourth-order valence-corrected chi connectivity index (χ4v) is 1.80. The van der Waals surface area contributed by atoms with Gasteiger partial charge >= 0.3 is 0 Å². The second-order valence-electron chi connectivity index (χ2n) is 2.50. The first-order valence-electron chi connectivity index (χ1n) is 3.19. The summed E-state index contributed by atoms with van der Waals surface area (Å²) in [5.74, 6) is 1.07. The van der Waals surface area contributed by atoms with Crippen LogP contribution >= 0.6 is 15.9 Å². The molecule has 0 radical (unpaired) electrons. The van der Waals surface area contributed by atoms with Crippen molar-refractivity contribution in [2.45, 2.75) is 13.5 Å². The van der Waals surface area contributed by atoms with Gasteiger partial charge in [-0.2, -0.15) is 0 Å². The van der Waals surface area contributed by atoms with Crippen LogP contribution in [0.25, 0.3) is 0 Å². The lowest BCUT2D eigenvalue weighted by Crippen LogP contribution is -2.10. The van der Waals surface area contributed by atoms with Crippen molar-refractivity contribution >= 4 is 15.9 Å². The van der Waals surface area contributed by atoms with Crippen LogP contribution in [0.1, 0.15) is 11.1 Å². The third-order valence-corrected chi connectivity index (χ3v) is 2.15. The first-order chi connectivity index (χ1) is 4.77. The Morgan fingerprint density at radius 3 is 2.80 bits per heavy atom. The molecule has 1 aromatic carbocycles. The number of rotatable bonds is 0. The van der Waals surface area contributed by atoms with E-state index >= 15 is 0 Å². The predicted molar refractivity (Wildman–Crippen MR) is 43.2 cm³/mol. The van der Waals surface area contributed by atoms with E-state index in [2.05, 4.69) is 35.0 Å². The monoisotopic (exact) mass is 198 g/mol. The molecule has 0 saturated carbocycles. The molecule has 0 saturated heterocycles. The van der Waals surface area contributed by atoms with Crippen LogP contribution in [0.15, 0.2) is 16.6 Å². The van der Waals surface area contributed by atoms with Crippen molar-refractivity contribution in [2.24, 2.45) is 0 Å². The Morgan fingerprint density at radius 2 is 2.30 bits per heavy atom. The fourth-order valence-electron chi connectivity index (χ4n) is 1.18. The summed E-state index contributed by atoms with van der Waals surface area (Å²) in [5.41, 5.74) is 2.53. The molecule has 0 spiro atoms. The van der Waals surface area contributed by atoms with Crippen LogP contribution in [0.2, 0.25) is 0 Å². The molecule has 0 fully saturated rings. The van der Waals surface area contributed by atoms with Crippen molar-refractivity contribution in [1.82, 2.24) is 0 Å². The van der Waals surface area contributed by atoms with E-state index in [4.69, 9.17) is 4.74 Å². The minimum atomic E-state index is 0.773. The molecule has 2 heteroatoms. The number of fused-ring (bicyclic) bond motifs is 1. The first-order valence-corrected chi connectivity index (χ1v) is 3.98. The molecule has 0 N–H and O–H groups in total. The van der Waals surface area contributed by atoms with E-state index in [9.17, 15) is 0 Å². The maximum atomic E-state index is 5.24. The second-order valence-corrected chi connectivity index (χ2v) is 3.42. The van der Waals surface area contributed by atoms with Crippen molar-refractivity contribution in [1.29, 1.82) is 0 Å². The van der Waals surface area contributed by atoms with E-state index in [1.165, 1.54) is 11.1 Å². The van der Waals surface area contributed by atoms with Gasteiger partial charge in [0.15, 0.2) is 0 Å².